The Morgan fingerprint density at radius 1 is 0.794 bits per heavy atom. The van der Waals surface area contributed by atoms with Crippen LogP contribution in [0.15, 0.2) is 60.7 Å². The molecule has 34 heavy (non-hydrogen) atoms. The van der Waals surface area contributed by atoms with E-state index in [9.17, 15) is 9.59 Å². The van der Waals surface area contributed by atoms with Crippen LogP contribution in [0.4, 0.5) is 0 Å². The molecule has 178 valence electrons. The van der Waals surface area contributed by atoms with Gasteiger partial charge in [-0.1, -0.05) is 23.7 Å². The third-order valence-corrected chi connectivity index (χ3v) is 5.09. The number of hydrogen-bond acceptors (Lipinski definition) is 6. The lowest BCUT2D eigenvalue weighted by molar-refractivity contribution is -0.121. The molecule has 0 unspecified atom stereocenters. The molecular formula is C25H25ClN2O6. The Balaban J connectivity index is 1.52. The molecule has 0 fully saturated rings. The maximum atomic E-state index is 12.4. The van der Waals surface area contributed by atoms with E-state index in [4.69, 9.17) is 30.5 Å². The van der Waals surface area contributed by atoms with Crippen LogP contribution in [0.5, 0.6) is 23.0 Å². The number of amides is 2. The first kappa shape index (κ1) is 24.7. The minimum absolute atomic E-state index is 0.00201. The summed E-state index contributed by atoms with van der Waals surface area (Å²) in [6.07, 6.45) is -0.00201. The number of rotatable bonds is 9. The second-order valence-electron chi connectivity index (χ2n) is 7.15. The summed E-state index contributed by atoms with van der Waals surface area (Å²) in [5.74, 6) is 1.16. The summed E-state index contributed by atoms with van der Waals surface area (Å²) in [4.78, 5) is 24.7. The van der Waals surface area contributed by atoms with Crippen molar-refractivity contribution in [3.05, 3.63) is 82.4 Å². The third-order valence-electron chi connectivity index (χ3n) is 4.84. The van der Waals surface area contributed by atoms with Gasteiger partial charge in [0.15, 0.2) is 11.5 Å². The molecular weight excluding hydrogens is 460 g/mol. The predicted molar refractivity (Wildman–Crippen MR) is 128 cm³/mol. The summed E-state index contributed by atoms with van der Waals surface area (Å²) in [6.45, 7) is 0.342. The molecule has 3 aromatic rings. The molecule has 8 nitrogen and oxygen atoms in total. The lowest BCUT2D eigenvalue weighted by Gasteiger charge is -2.14. The molecule has 0 aliphatic carbocycles. The lowest BCUT2D eigenvalue weighted by atomic mass is 10.1. The molecule has 0 saturated carbocycles. The standard InChI is InChI=1S/C25H25ClN2O6/c1-31-21-12-17(13-22(32-2)24(21)33-3)14-23(29)27-28-25(30)18-6-4-16(5-7-18)15-34-20-10-8-19(26)9-11-20/h4-13H,14-15H2,1-3H3,(H,27,29)(H,28,30). The average Bonchev–Trinajstić information content (AvgIpc) is 2.86. The van der Waals surface area contributed by atoms with Crippen molar-refractivity contribution in [3.63, 3.8) is 0 Å². The fourth-order valence-corrected chi connectivity index (χ4v) is 3.24. The molecule has 0 atom stereocenters. The quantitative estimate of drug-likeness (QED) is 0.446. The normalized spacial score (nSPS) is 10.2. The highest BCUT2D eigenvalue weighted by molar-refractivity contribution is 6.30. The van der Waals surface area contributed by atoms with Gasteiger partial charge in [0, 0.05) is 10.6 Å². The molecule has 0 aliphatic heterocycles. The van der Waals surface area contributed by atoms with Crippen molar-refractivity contribution in [1.82, 2.24) is 10.9 Å². The molecule has 0 radical (unpaired) electrons. The van der Waals surface area contributed by atoms with E-state index >= 15 is 0 Å². The van der Waals surface area contributed by atoms with Gasteiger partial charge >= 0.3 is 0 Å². The predicted octanol–water partition coefficient (Wildman–Crippen LogP) is 3.95. The monoisotopic (exact) mass is 484 g/mol. The molecule has 9 heteroatoms. The van der Waals surface area contributed by atoms with Crippen molar-refractivity contribution in [2.75, 3.05) is 21.3 Å². The van der Waals surface area contributed by atoms with Gasteiger partial charge in [-0.15, -0.1) is 0 Å². The molecule has 0 aromatic heterocycles. The highest BCUT2D eigenvalue weighted by Crippen LogP contribution is 2.38. The first-order valence-electron chi connectivity index (χ1n) is 10.3. The minimum atomic E-state index is -0.441. The van der Waals surface area contributed by atoms with Gasteiger partial charge in [0.2, 0.25) is 11.7 Å². The molecule has 0 spiro atoms. The van der Waals surface area contributed by atoms with E-state index < -0.39 is 11.8 Å². The van der Waals surface area contributed by atoms with Crippen molar-refractivity contribution < 1.29 is 28.5 Å². The fraction of sp³-hybridized carbons (Fsp3) is 0.200. The van der Waals surface area contributed by atoms with Crippen LogP contribution in [0.1, 0.15) is 21.5 Å². The van der Waals surface area contributed by atoms with E-state index in [1.54, 1.807) is 60.7 Å². The third kappa shape index (κ3) is 6.55. The first-order valence-corrected chi connectivity index (χ1v) is 10.7. The van der Waals surface area contributed by atoms with Crippen LogP contribution in [0.2, 0.25) is 5.02 Å². The van der Waals surface area contributed by atoms with Gasteiger partial charge in [0.05, 0.1) is 27.8 Å². The van der Waals surface area contributed by atoms with Crippen LogP contribution < -0.4 is 29.8 Å². The maximum absolute atomic E-state index is 12.4. The van der Waals surface area contributed by atoms with Gasteiger partial charge in [-0.25, -0.2) is 0 Å². The zero-order valence-corrected chi connectivity index (χ0v) is 19.8. The summed E-state index contributed by atoms with van der Waals surface area (Å²) >= 11 is 5.86. The van der Waals surface area contributed by atoms with Gasteiger partial charge in [0.25, 0.3) is 5.91 Å². The van der Waals surface area contributed by atoms with Crippen molar-refractivity contribution in [3.8, 4) is 23.0 Å². The number of hydrazine groups is 1. The average molecular weight is 485 g/mol. The minimum Gasteiger partial charge on any atom is -0.493 e. The smallest absolute Gasteiger partial charge is 0.269 e. The van der Waals surface area contributed by atoms with E-state index in [0.29, 0.717) is 45.8 Å². The van der Waals surface area contributed by atoms with Gasteiger partial charge < -0.3 is 18.9 Å². The summed E-state index contributed by atoms with van der Waals surface area (Å²) in [5, 5.41) is 0.637. The Morgan fingerprint density at radius 2 is 1.41 bits per heavy atom. The number of carbonyl (C=O) groups is 2. The van der Waals surface area contributed by atoms with Gasteiger partial charge in [-0.05, 0) is 59.7 Å². The first-order chi connectivity index (χ1) is 16.4. The lowest BCUT2D eigenvalue weighted by Crippen LogP contribution is -2.42. The number of hydrogen-bond donors (Lipinski definition) is 2. The number of ether oxygens (including phenoxy) is 4. The number of carbonyl (C=O) groups excluding carboxylic acids is 2. The van der Waals surface area contributed by atoms with Crippen LogP contribution in [-0.2, 0) is 17.8 Å². The summed E-state index contributed by atoms with van der Waals surface area (Å²) in [7, 11) is 4.49. The van der Waals surface area contributed by atoms with E-state index in [1.165, 1.54) is 21.3 Å². The molecule has 0 heterocycles. The molecule has 0 bridgehead atoms. The molecule has 3 rings (SSSR count). The Kier molecular flexibility index (Phi) is 8.59. The van der Waals surface area contributed by atoms with Crippen LogP contribution in [-0.4, -0.2) is 33.1 Å². The topological polar surface area (TPSA) is 95.1 Å². The summed E-state index contributed by atoms with van der Waals surface area (Å²) in [6, 6.07) is 17.3. The highest BCUT2D eigenvalue weighted by atomic mass is 35.5. The number of halogens is 1. The van der Waals surface area contributed by atoms with Crippen molar-refractivity contribution in [2.45, 2.75) is 13.0 Å². The van der Waals surface area contributed by atoms with E-state index in [1.807, 2.05) is 0 Å². The molecule has 2 N–H and O–H groups in total. The van der Waals surface area contributed by atoms with Crippen molar-refractivity contribution in [1.29, 1.82) is 0 Å². The number of methoxy groups -OCH3 is 3. The number of nitrogens with one attached hydrogen (secondary N) is 2. The summed E-state index contributed by atoms with van der Waals surface area (Å²) < 4.78 is 21.6. The maximum Gasteiger partial charge on any atom is 0.269 e. The van der Waals surface area contributed by atoms with Crippen LogP contribution in [0.3, 0.4) is 0 Å². The molecule has 2 amide bonds. The van der Waals surface area contributed by atoms with Crippen molar-refractivity contribution in [2.24, 2.45) is 0 Å². The molecule has 0 saturated heterocycles. The Morgan fingerprint density at radius 3 is 1.97 bits per heavy atom. The summed E-state index contributed by atoms with van der Waals surface area (Å²) in [5.41, 5.74) is 6.73. The zero-order valence-electron chi connectivity index (χ0n) is 19.0. The Labute approximate surface area is 202 Å². The molecule has 3 aromatic carbocycles. The van der Waals surface area contributed by atoms with E-state index in [-0.39, 0.29) is 6.42 Å². The van der Waals surface area contributed by atoms with Gasteiger partial charge in [-0.2, -0.15) is 0 Å². The van der Waals surface area contributed by atoms with Gasteiger partial charge in [-0.3, -0.25) is 20.4 Å². The number of benzene rings is 3. The van der Waals surface area contributed by atoms with Crippen molar-refractivity contribution >= 4 is 23.4 Å². The molecule has 0 aliphatic rings. The van der Waals surface area contributed by atoms with Crippen LogP contribution in [0, 0.1) is 0 Å². The SMILES string of the molecule is COc1cc(CC(=O)NNC(=O)c2ccc(COc3ccc(Cl)cc3)cc2)cc(OC)c1OC. The Bertz CT molecular complexity index is 1110. The van der Waals surface area contributed by atoms with E-state index in [0.717, 1.165) is 5.56 Å². The van der Waals surface area contributed by atoms with E-state index in [2.05, 4.69) is 10.9 Å². The zero-order chi connectivity index (χ0) is 24.5. The second-order valence-corrected chi connectivity index (χ2v) is 7.59. The van der Waals surface area contributed by atoms with Gasteiger partial charge in [0.1, 0.15) is 12.4 Å². The van der Waals surface area contributed by atoms with Crippen LogP contribution in [0.25, 0.3) is 0 Å². The second kappa shape index (κ2) is 11.8. The highest BCUT2D eigenvalue weighted by Gasteiger charge is 2.15. The van der Waals surface area contributed by atoms with Crippen LogP contribution >= 0.6 is 11.6 Å². The Hall–Kier alpha value is -3.91. The largest absolute Gasteiger partial charge is 0.493 e. The fourth-order valence-electron chi connectivity index (χ4n) is 3.12.